The third-order valence-electron chi connectivity index (χ3n) is 4.53. The summed E-state index contributed by atoms with van der Waals surface area (Å²) in [6.07, 6.45) is 3.47. The molecular weight excluding hydrogens is 366 g/mol. The van der Waals surface area contributed by atoms with Crippen molar-refractivity contribution in [1.29, 1.82) is 0 Å². The van der Waals surface area contributed by atoms with Crippen LogP contribution >= 0.6 is 0 Å². The highest BCUT2D eigenvalue weighted by Gasteiger charge is 2.35. The maximum Gasteiger partial charge on any atom is 0.240 e. The summed E-state index contributed by atoms with van der Waals surface area (Å²) in [7, 11) is -7.48. The number of hydrogen-bond acceptors (Lipinski definition) is 5. The van der Waals surface area contributed by atoms with Gasteiger partial charge in [0.05, 0.1) is 15.7 Å². The molecule has 1 aromatic carbocycles. The van der Waals surface area contributed by atoms with Gasteiger partial charge in [-0.3, -0.25) is 4.79 Å². The Bertz CT molecular complexity index is 861. The Morgan fingerprint density at radius 2 is 1.40 bits per heavy atom. The number of carbonyl (C=O) groups is 1. The van der Waals surface area contributed by atoms with Gasteiger partial charge in [0.2, 0.25) is 26.0 Å². The standard InChI is InChI=1S/C15H21N3O5S2/c16-15(19)13-2-1-3-14(13)18-25(22,23)12-8-6-11(7-9-12)24(20,21)17-10-4-5-10/h6-10,13-14,17-18H,1-5H2,(H2,16,19)/t13-,14-/m0/s1. The molecule has 0 unspecified atom stereocenters. The first-order valence-electron chi connectivity index (χ1n) is 8.13. The lowest BCUT2D eigenvalue weighted by atomic mass is 10.0. The molecule has 138 valence electrons. The van der Waals surface area contributed by atoms with Gasteiger partial charge in [-0.2, -0.15) is 0 Å². The molecule has 10 heteroatoms. The number of benzene rings is 1. The Morgan fingerprint density at radius 3 is 1.88 bits per heavy atom. The fourth-order valence-corrected chi connectivity index (χ4v) is 5.61. The number of amides is 1. The number of nitrogens with two attached hydrogens (primary N) is 1. The van der Waals surface area contributed by atoms with Crippen LogP contribution in [0.1, 0.15) is 32.1 Å². The van der Waals surface area contributed by atoms with Crippen LogP contribution in [0.4, 0.5) is 0 Å². The average Bonchev–Trinajstić information content (AvgIpc) is 3.21. The SMILES string of the molecule is NC(=O)[C@H]1CCC[C@@H]1NS(=O)(=O)c1ccc(S(=O)(=O)NC2CC2)cc1. The van der Waals surface area contributed by atoms with E-state index in [9.17, 15) is 21.6 Å². The molecule has 0 aromatic heterocycles. The number of hydrogen-bond donors (Lipinski definition) is 3. The minimum absolute atomic E-state index is 0.0224. The van der Waals surface area contributed by atoms with Gasteiger partial charge in [-0.15, -0.1) is 0 Å². The lowest BCUT2D eigenvalue weighted by Gasteiger charge is -2.18. The van der Waals surface area contributed by atoms with Gasteiger partial charge in [0.25, 0.3) is 0 Å². The number of primary amides is 1. The molecule has 2 saturated carbocycles. The molecule has 0 radical (unpaired) electrons. The lowest BCUT2D eigenvalue weighted by Crippen LogP contribution is -2.42. The van der Waals surface area contributed by atoms with Gasteiger partial charge in [-0.1, -0.05) is 6.42 Å². The van der Waals surface area contributed by atoms with Crippen molar-refractivity contribution in [2.24, 2.45) is 11.7 Å². The van der Waals surface area contributed by atoms with Crippen molar-refractivity contribution >= 4 is 26.0 Å². The molecule has 0 heterocycles. The highest BCUT2D eigenvalue weighted by atomic mass is 32.2. The Hall–Kier alpha value is -1.49. The predicted octanol–water partition coefficient (Wildman–Crippen LogP) is 0.0596. The fourth-order valence-electron chi connectivity index (χ4n) is 3.00. The molecule has 1 amide bonds. The molecule has 2 atom stereocenters. The third kappa shape index (κ3) is 4.20. The minimum Gasteiger partial charge on any atom is -0.369 e. The summed E-state index contributed by atoms with van der Waals surface area (Å²) in [6, 6.07) is 4.47. The maximum absolute atomic E-state index is 12.5. The summed E-state index contributed by atoms with van der Waals surface area (Å²) in [5, 5.41) is 0. The van der Waals surface area contributed by atoms with E-state index in [-0.39, 0.29) is 15.8 Å². The van der Waals surface area contributed by atoms with Gasteiger partial charge in [-0.05, 0) is 49.9 Å². The van der Waals surface area contributed by atoms with Crippen molar-refractivity contribution in [3.63, 3.8) is 0 Å². The molecule has 3 rings (SSSR count). The summed E-state index contributed by atoms with van der Waals surface area (Å²) < 4.78 is 54.2. The molecule has 0 aliphatic heterocycles. The van der Waals surface area contributed by atoms with Crippen LogP contribution in [0, 0.1) is 5.92 Å². The maximum atomic E-state index is 12.5. The first-order valence-corrected chi connectivity index (χ1v) is 11.1. The highest BCUT2D eigenvalue weighted by Crippen LogP contribution is 2.27. The number of carbonyl (C=O) groups excluding carboxylic acids is 1. The summed E-state index contributed by atoms with van der Waals surface area (Å²) >= 11 is 0. The molecule has 0 spiro atoms. The van der Waals surface area contributed by atoms with E-state index in [1.165, 1.54) is 24.3 Å². The Kier molecular flexibility index (Phi) is 4.89. The smallest absolute Gasteiger partial charge is 0.240 e. The number of sulfonamides is 2. The van der Waals surface area contributed by atoms with E-state index in [2.05, 4.69) is 9.44 Å². The van der Waals surface area contributed by atoms with E-state index >= 15 is 0 Å². The Balaban J connectivity index is 1.75. The predicted molar refractivity (Wildman–Crippen MR) is 90.4 cm³/mol. The molecule has 1 aromatic rings. The van der Waals surface area contributed by atoms with Gasteiger partial charge in [0.15, 0.2) is 0 Å². The van der Waals surface area contributed by atoms with Crippen LogP contribution in [-0.2, 0) is 24.8 Å². The van der Waals surface area contributed by atoms with Gasteiger partial charge < -0.3 is 5.73 Å². The molecule has 4 N–H and O–H groups in total. The fraction of sp³-hybridized carbons (Fsp3) is 0.533. The molecule has 0 bridgehead atoms. The van der Waals surface area contributed by atoms with Crippen LogP contribution in [-0.4, -0.2) is 34.8 Å². The molecule has 8 nitrogen and oxygen atoms in total. The zero-order valence-electron chi connectivity index (χ0n) is 13.5. The van der Waals surface area contributed by atoms with E-state index in [1.807, 2.05) is 0 Å². The first kappa shape index (κ1) is 18.3. The average molecular weight is 387 g/mol. The van der Waals surface area contributed by atoms with E-state index in [4.69, 9.17) is 5.73 Å². The minimum atomic E-state index is -3.86. The van der Waals surface area contributed by atoms with Crippen LogP contribution < -0.4 is 15.2 Å². The normalized spacial score (nSPS) is 24.3. The van der Waals surface area contributed by atoms with E-state index in [1.54, 1.807) is 0 Å². The van der Waals surface area contributed by atoms with Crippen LogP contribution in [0.3, 0.4) is 0 Å². The van der Waals surface area contributed by atoms with Crippen molar-refractivity contribution in [2.45, 2.75) is 54.0 Å². The van der Waals surface area contributed by atoms with Crippen molar-refractivity contribution in [2.75, 3.05) is 0 Å². The number of rotatable bonds is 7. The second kappa shape index (κ2) is 6.67. The zero-order chi connectivity index (χ0) is 18.2. The van der Waals surface area contributed by atoms with Crippen molar-refractivity contribution in [3.05, 3.63) is 24.3 Å². The van der Waals surface area contributed by atoms with Gasteiger partial charge in [0.1, 0.15) is 0 Å². The van der Waals surface area contributed by atoms with E-state index < -0.39 is 37.9 Å². The van der Waals surface area contributed by atoms with Gasteiger partial charge in [0, 0.05) is 12.1 Å². The summed E-state index contributed by atoms with van der Waals surface area (Å²) in [4.78, 5) is 11.4. The zero-order valence-corrected chi connectivity index (χ0v) is 15.1. The van der Waals surface area contributed by atoms with Crippen LogP contribution in [0.25, 0.3) is 0 Å². The molecular formula is C15H21N3O5S2. The second-order valence-corrected chi connectivity index (χ2v) is 9.96. The van der Waals surface area contributed by atoms with Gasteiger partial charge >= 0.3 is 0 Å². The van der Waals surface area contributed by atoms with Crippen LogP contribution in [0.5, 0.6) is 0 Å². The Labute approximate surface area is 147 Å². The lowest BCUT2D eigenvalue weighted by molar-refractivity contribution is -0.122. The molecule has 0 saturated heterocycles. The van der Waals surface area contributed by atoms with Gasteiger partial charge in [-0.25, -0.2) is 26.3 Å². The molecule has 2 aliphatic rings. The van der Waals surface area contributed by atoms with E-state index in [0.29, 0.717) is 12.8 Å². The quantitative estimate of drug-likeness (QED) is 0.608. The second-order valence-electron chi connectivity index (χ2n) is 6.53. The highest BCUT2D eigenvalue weighted by molar-refractivity contribution is 7.90. The monoisotopic (exact) mass is 387 g/mol. The van der Waals surface area contributed by atoms with Crippen molar-refractivity contribution in [1.82, 2.24) is 9.44 Å². The van der Waals surface area contributed by atoms with Crippen LogP contribution in [0.15, 0.2) is 34.1 Å². The number of nitrogens with one attached hydrogen (secondary N) is 2. The van der Waals surface area contributed by atoms with Crippen molar-refractivity contribution in [3.8, 4) is 0 Å². The first-order chi connectivity index (χ1) is 11.7. The summed E-state index contributed by atoms with van der Waals surface area (Å²) in [5.74, 6) is -1.03. The summed E-state index contributed by atoms with van der Waals surface area (Å²) in [6.45, 7) is 0. The molecule has 2 aliphatic carbocycles. The largest absolute Gasteiger partial charge is 0.369 e. The van der Waals surface area contributed by atoms with Crippen LogP contribution in [0.2, 0.25) is 0 Å². The molecule has 2 fully saturated rings. The third-order valence-corrected chi connectivity index (χ3v) is 7.57. The topological polar surface area (TPSA) is 135 Å². The van der Waals surface area contributed by atoms with Crippen molar-refractivity contribution < 1.29 is 21.6 Å². The van der Waals surface area contributed by atoms with E-state index in [0.717, 1.165) is 19.3 Å². The molecule has 25 heavy (non-hydrogen) atoms. The Morgan fingerprint density at radius 1 is 0.880 bits per heavy atom. The summed E-state index contributed by atoms with van der Waals surface area (Å²) in [5.41, 5.74) is 5.31.